The van der Waals surface area contributed by atoms with Crippen LogP contribution in [0.4, 0.5) is 5.82 Å². The maximum absolute atomic E-state index is 5.61. The van der Waals surface area contributed by atoms with E-state index in [9.17, 15) is 0 Å². The minimum Gasteiger partial charge on any atom is -0.383 e. The average Bonchev–Trinajstić information content (AvgIpc) is 2.09. The first-order valence-corrected chi connectivity index (χ1v) is 3.63. The first kappa shape index (κ1) is 8.57. The van der Waals surface area contributed by atoms with Crippen molar-refractivity contribution in [3.63, 3.8) is 0 Å². The molecule has 0 atom stereocenters. The fourth-order valence-corrected chi connectivity index (χ4v) is 0.932. The van der Waals surface area contributed by atoms with E-state index in [-0.39, 0.29) is 0 Å². The zero-order chi connectivity index (χ0) is 8.97. The molecule has 12 heavy (non-hydrogen) atoms. The summed E-state index contributed by atoms with van der Waals surface area (Å²) < 4.78 is 0. The van der Waals surface area contributed by atoms with Crippen LogP contribution in [0.1, 0.15) is 11.1 Å². The van der Waals surface area contributed by atoms with Crippen LogP contribution < -0.4 is 11.1 Å². The third-order valence-corrected chi connectivity index (χ3v) is 1.54. The largest absolute Gasteiger partial charge is 0.383 e. The maximum atomic E-state index is 5.61. The fourth-order valence-electron chi connectivity index (χ4n) is 0.932. The molecule has 0 aliphatic carbocycles. The Balaban J connectivity index is 3.01. The number of anilines is 1. The standard InChI is InChI=1S/C9H11N3/c1-3-7-4-8(6-11-2)9(10)12-5-7/h1,4-5,11H,6H2,2H3,(H2,10,12). The van der Waals surface area contributed by atoms with Crippen LogP contribution in [0.5, 0.6) is 0 Å². The Morgan fingerprint density at radius 2 is 2.50 bits per heavy atom. The summed E-state index contributed by atoms with van der Waals surface area (Å²) in [5, 5.41) is 2.99. The molecule has 62 valence electrons. The molecule has 0 unspecified atom stereocenters. The lowest BCUT2D eigenvalue weighted by molar-refractivity contribution is 0.816. The van der Waals surface area contributed by atoms with E-state index in [1.165, 1.54) is 0 Å². The van der Waals surface area contributed by atoms with Gasteiger partial charge in [0, 0.05) is 23.9 Å². The molecule has 3 nitrogen and oxygen atoms in total. The summed E-state index contributed by atoms with van der Waals surface area (Å²) in [5.41, 5.74) is 7.31. The fraction of sp³-hybridized carbons (Fsp3) is 0.222. The van der Waals surface area contributed by atoms with Crippen molar-refractivity contribution in [2.75, 3.05) is 12.8 Å². The topological polar surface area (TPSA) is 50.9 Å². The molecule has 1 aromatic heterocycles. The molecule has 0 bridgehead atoms. The summed E-state index contributed by atoms with van der Waals surface area (Å²) in [5.74, 6) is 3.04. The van der Waals surface area contributed by atoms with Crippen molar-refractivity contribution in [2.24, 2.45) is 0 Å². The normalized spacial score (nSPS) is 9.33. The molecule has 3 N–H and O–H groups in total. The molecular formula is C9H11N3. The van der Waals surface area contributed by atoms with Crippen molar-refractivity contribution < 1.29 is 0 Å². The molecule has 0 amide bonds. The maximum Gasteiger partial charge on any atom is 0.127 e. The second kappa shape index (κ2) is 3.74. The quantitative estimate of drug-likeness (QED) is 0.616. The molecule has 0 radical (unpaired) electrons. The van der Waals surface area contributed by atoms with Gasteiger partial charge >= 0.3 is 0 Å². The van der Waals surface area contributed by atoms with Gasteiger partial charge in [-0.3, -0.25) is 0 Å². The summed E-state index contributed by atoms with van der Waals surface area (Å²) in [6.07, 6.45) is 6.81. The summed E-state index contributed by atoms with van der Waals surface area (Å²) >= 11 is 0. The Kier molecular flexibility index (Phi) is 2.67. The van der Waals surface area contributed by atoms with Gasteiger partial charge in [-0.1, -0.05) is 5.92 Å². The molecule has 1 heterocycles. The van der Waals surface area contributed by atoms with Crippen molar-refractivity contribution >= 4 is 5.82 Å². The van der Waals surface area contributed by atoms with Gasteiger partial charge in [0.2, 0.25) is 0 Å². The number of nitrogens with two attached hydrogens (primary N) is 1. The lowest BCUT2D eigenvalue weighted by Crippen LogP contribution is -2.08. The van der Waals surface area contributed by atoms with Crippen molar-refractivity contribution in [3.05, 3.63) is 23.4 Å². The van der Waals surface area contributed by atoms with Crippen molar-refractivity contribution in [1.82, 2.24) is 10.3 Å². The van der Waals surface area contributed by atoms with Crippen LogP contribution in [-0.4, -0.2) is 12.0 Å². The van der Waals surface area contributed by atoms with E-state index in [4.69, 9.17) is 12.2 Å². The van der Waals surface area contributed by atoms with Gasteiger partial charge in [0.15, 0.2) is 0 Å². The number of nitrogens with zero attached hydrogens (tertiary/aromatic N) is 1. The Hall–Kier alpha value is -1.53. The predicted octanol–water partition coefficient (Wildman–Crippen LogP) is 0.364. The van der Waals surface area contributed by atoms with Gasteiger partial charge in [-0.2, -0.15) is 0 Å². The molecule has 3 heteroatoms. The van der Waals surface area contributed by atoms with E-state index in [1.54, 1.807) is 6.20 Å². The molecule has 1 rings (SSSR count). The first-order chi connectivity index (χ1) is 5.77. The number of nitrogen functional groups attached to an aromatic ring is 1. The van der Waals surface area contributed by atoms with Crippen molar-refractivity contribution in [3.8, 4) is 12.3 Å². The Labute approximate surface area is 72.0 Å². The lowest BCUT2D eigenvalue weighted by Gasteiger charge is -2.03. The Morgan fingerprint density at radius 1 is 1.75 bits per heavy atom. The number of terminal acetylenes is 1. The number of hydrogen-bond acceptors (Lipinski definition) is 3. The van der Waals surface area contributed by atoms with Crippen molar-refractivity contribution in [1.29, 1.82) is 0 Å². The van der Waals surface area contributed by atoms with Gasteiger partial charge in [0.05, 0.1) is 0 Å². The van der Waals surface area contributed by atoms with Gasteiger partial charge in [0.25, 0.3) is 0 Å². The van der Waals surface area contributed by atoms with Gasteiger partial charge < -0.3 is 11.1 Å². The predicted molar refractivity (Wildman–Crippen MR) is 49.3 cm³/mol. The Morgan fingerprint density at radius 3 is 3.08 bits per heavy atom. The van der Waals surface area contributed by atoms with E-state index in [0.29, 0.717) is 12.4 Å². The van der Waals surface area contributed by atoms with Gasteiger partial charge in [-0.15, -0.1) is 6.42 Å². The zero-order valence-electron chi connectivity index (χ0n) is 6.96. The summed E-state index contributed by atoms with van der Waals surface area (Å²) in [6.45, 7) is 0.689. The molecule has 1 aromatic rings. The van der Waals surface area contributed by atoms with Crippen LogP contribution >= 0.6 is 0 Å². The minimum absolute atomic E-state index is 0.531. The molecule has 0 saturated heterocycles. The van der Waals surface area contributed by atoms with Crippen LogP contribution in [0.25, 0.3) is 0 Å². The highest BCUT2D eigenvalue weighted by atomic mass is 14.9. The molecule has 0 saturated carbocycles. The van der Waals surface area contributed by atoms with Crippen molar-refractivity contribution in [2.45, 2.75) is 6.54 Å². The van der Waals surface area contributed by atoms with E-state index in [2.05, 4.69) is 16.2 Å². The third-order valence-electron chi connectivity index (χ3n) is 1.54. The van der Waals surface area contributed by atoms with Crippen LogP contribution in [0.2, 0.25) is 0 Å². The van der Waals surface area contributed by atoms with E-state index < -0.39 is 0 Å². The highest BCUT2D eigenvalue weighted by Crippen LogP contribution is 2.09. The Bertz CT molecular complexity index is 312. The number of rotatable bonds is 2. The number of nitrogens with one attached hydrogen (secondary N) is 1. The molecule has 0 aliphatic heterocycles. The van der Waals surface area contributed by atoms with Gasteiger partial charge in [0.1, 0.15) is 5.82 Å². The third kappa shape index (κ3) is 1.74. The van der Waals surface area contributed by atoms with Gasteiger partial charge in [-0.25, -0.2) is 4.98 Å². The molecule has 0 aliphatic rings. The molecule has 0 fully saturated rings. The van der Waals surface area contributed by atoms with E-state index in [1.807, 2.05) is 13.1 Å². The highest BCUT2D eigenvalue weighted by Gasteiger charge is 1.99. The number of aromatic nitrogens is 1. The highest BCUT2D eigenvalue weighted by molar-refractivity contribution is 5.44. The second-order valence-electron chi connectivity index (χ2n) is 2.44. The molecule has 0 spiro atoms. The zero-order valence-corrected chi connectivity index (χ0v) is 6.96. The summed E-state index contributed by atoms with van der Waals surface area (Å²) in [6, 6.07) is 1.86. The second-order valence-corrected chi connectivity index (χ2v) is 2.44. The summed E-state index contributed by atoms with van der Waals surface area (Å²) in [7, 11) is 1.85. The minimum atomic E-state index is 0.531. The monoisotopic (exact) mass is 161 g/mol. The van der Waals surface area contributed by atoms with E-state index >= 15 is 0 Å². The lowest BCUT2D eigenvalue weighted by atomic mass is 10.2. The molecule has 0 aromatic carbocycles. The average molecular weight is 161 g/mol. The van der Waals surface area contributed by atoms with Crippen LogP contribution in [0.15, 0.2) is 12.3 Å². The van der Waals surface area contributed by atoms with Crippen LogP contribution in [0.3, 0.4) is 0 Å². The van der Waals surface area contributed by atoms with E-state index in [0.717, 1.165) is 11.1 Å². The van der Waals surface area contributed by atoms with Gasteiger partial charge in [-0.05, 0) is 13.1 Å². The van der Waals surface area contributed by atoms with Crippen LogP contribution in [-0.2, 0) is 6.54 Å². The van der Waals surface area contributed by atoms with Crippen LogP contribution in [0, 0.1) is 12.3 Å². The number of pyridine rings is 1. The smallest absolute Gasteiger partial charge is 0.127 e. The summed E-state index contributed by atoms with van der Waals surface area (Å²) in [4.78, 5) is 3.96. The molecular weight excluding hydrogens is 150 g/mol. The first-order valence-electron chi connectivity index (χ1n) is 3.63. The SMILES string of the molecule is C#Cc1cnc(N)c(CNC)c1. The number of hydrogen-bond donors (Lipinski definition) is 2.